The van der Waals surface area contributed by atoms with Crippen LogP contribution < -0.4 is 0 Å². The van der Waals surface area contributed by atoms with Gasteiger partial charge in [-0.25, -0.2) is 9.36 Å². The second-order valence-electron chi connectivity index (χ2n) is 2.33. The Bertz CT molecular complexity index is 200. The molecule has 0 bridgehead atoms. The fourth-order valence-corrected chi connectivity index (χ4v) is 0.904. The van der Waals surface area contributed by atoms with Crippen molar-refractivity contribution in [3.8, 4) is 0 Å². The number of carbonyl (C=O) groups excluding carboxylic acids is 1. The third-order valence-corrected chi connectivity index (χ3v) is 1.60. The van der Waals surface area contributed by atoms with E-state index in [0.29, 0.717) is 25.2 Å². The van der Waals surface area contributed by atoms with Crippen LogP contribution in [-0.2, 0) is 18.6 Å². The predicted molar refractivity (Wildman–Crippen MR) is 48.6 cm³/mol. The van der Waals surface area contributed by atoms with Crippen molar-refractivity contribution < 1.29 is 18.6 Å². The quantitative estimate of drug-likeness (QED) is 0.377. The van der Waals surface area contributed by atoms with Gasteiger partial charge in [0.15, 0.2) is 0 Å². The van der Waals surface area contributed by atoms with Crippen LogP contribution in [0.25, 0.3) is 0 Å². The second kappa shape index (κ2) is 7.90. The Morgan fingerprint density at radius 1 is 1.54 bits per heavy atom. The van der Waals surface area contributed by atoms with Crippen LogP contribution in [0.4, 0.5) is 0 Å². The van der Waals surface area contributed by atoms with Crippen molar-refractivity contribution >= 4 is 14.7 Å². The van der Waals surface area contributed by atoms with E-state index in [1.54, 1.807) is 13.0 Å². The molecule has 0 radical (unpaired) electrons. The molecule has 4 nitrogen and oxygen atoms in total. The molecule has 0 N–H and O–H groups in total. The maximum absolute atomic E-state index is 10.9. The van der Waals surface area contributed by atoms with Crippen LogP contribution >= 0.6 is 8.69 Å². The standard InChI is InChI=1S/C8H13O4P/c1-3-11-6-4-5-7(2)8(9)12-13-10/h5H,3-4,6H2,1-2H3. The molecule has 0 heterocycles. The summed E-state index contributed by atoms with van der Waals surface area (Å²) in [5, 5.41) is 0. The molecule has 0 aromatic heterocycles. The van der Waals surface area contributed by atoms with Gasteiger partial charge in [0.25, 0.3) is 0 Å². The maximum atomic E-state index is 10.9. The molecule has 74 valence electrons. The van der Waals surface area contributed by atoms with Gasteiger partial charge in [-0.1, -0.05) is 6.08 Å². The average molecular weight is 204 g/mol. The molecule has 0 aliphatic heterocycles. The van der Waals surface area contributed by atoms with Crippen LogP contribution in [0.3, 0.4) is 0 Å². The molecule has 5 heteroatoms. The SMILES string of the molecule is CCOCCC=C(C)C(=O)OP=O. The van der Waals surface area contributed by atoms with Crippen LogP contribution in [0.5, 0.6) is 0 Å². The molecule has 0 fully saturated rings. The summed E-state index contributed by atoms with van der Waals surface area (Å²) in [7, 11) is -0.613. The zero-order valence-electron chi connectivity index (χ0n) is 7.78. The van der Waals surface area contributed by atoms with E-state index < -0.39 is 14.7 Å². The molecular formula is C8H13O4P. The summed E-state index contributed by atoms with van der Waals surface area (Å²) in [4.78, 5) is 10.9. The van der Waals surface area contributed by atoms with Gasteiger partial charge in [-0.05, 0) is 20.3 Å². The second-order valence-corrected chi connectivity index (χ2v) is 2.66. The lowest BCUT2D eigenvalue weighted by molar-refractivity contribution is -0.129. The van der Waals surface area contributed by atoms with Crippen LogP contribution in [0.15, 0.2) is 11.6 Å². The minimum atomic E-state index is -0.613. The lowest BCUT2D eigenvalue weighted by atomic mass is 10.2. The highest BCUT2D eigenvalue weighted by molar-refractivity contribution is 7.18. The van der Waals surface area contributed by atoms with Gasteiger partial charge in [0.2, 0.25) is 0 Å². The van der Waals surface area contributed by atoms with Crippen molar-refractivity contribution in [2.45, 2.75) is 20.3 Å². The minimum absolute atomic E-state index is 0.447. The molecule has 13 heavy (non-hydrogen) atoms. The first-order valence-electron chi connectivity index (χ1n) is 4.00. The van der Waals surface area contributed by atoms with E-state index in [1.807, 2.05) is 6.92 Å². The van der Waals surface area contributed by atoms with E-state index in [2.05, 4.69) is 4.52 Å². The molecule has 0 unspecified atom stereocenters. The van der Waals surface area contributed by atoms with Crippen molar-refractivity contribution in [2.24, 2.45) is 0 Å². The van der Waals surface area contributed by atoms with Gasteiger partial charge >= 0.3 is 14.7 Å². The third kappa shape index (κ3) is 6.43. The number of rotatable bonds is 6. The van der Waals surface area contributed by atoms with Crippen molar-refractivity contribution in [1.82, 2.24) is 0 Å². The number of hydrogen-bond donors (Lipinski definition) is 0. The molecule has 0 aromatic rings. The van der Waals surface area contributed by atoms with Crippen molar-refractivity contribution in [1.29, 1.82) is 0 Å². The highest BCUT2D eigenvalue weighted by Crippen LogP contribution is 2.04. The first-order valence-corrected chi connectivity index (χ1v) is 4.74. The van der Waals surface area contributed by atoms with Crippen molar-refractivity contribution in [3.63, 3.8) is 0 Å². The van der Waals surface area contributed by atoms with E-state index in [0.717, 1.165) is 0 Å². The van der Waals surface area contributed by atoms with Gasteiger partial charge in [0.05, 0.1) is 6.61 Å². The monoisotopic (exact) mass is 204 g/mol. The smallest absolute Gasteiger partial charge is 0.381 e. The predicted octanol–water partition coefficient (Wildman–Crippen LogP) is 2.11. The summed E-state index contributed by atoms with van der Waals surface area (Å²) < 4.78 is 19.2. The highest BCUT2D eigenvalue weighted by Gasteiger charge is 2.04. The summed E-state index contributed by atoms with van der Waals surface area (Å²) in [6.45, 7) is 4.76. The van der Waals surface area contributed by atoms with Crippen LogP contribution in [0.2, 0.25) is 0 Å². The summed E-state index contributed by atoms with van der Waals surface area (Å²) in [5.74, 6) is -0.562. The lowest BCUT2D eigenvalue weighted by Gasteiger charge is -1.98. The summed E-state index contributed by atoms with van der Waals surface area (Å²) in [5.41, 5.74) is 0.447. The van der Waals surface area contributed by atoms with Gasteiger partial charge < -0.3 is 9.26 Å². The summed E-state index contributed by atoms with van der Waals surface area (Å²) in [6, 6.07) is 0. The Hall–Kier alpha value is -0.730. The van der Waals surface area contributed by atoms with Crippen molar-refractivity contribution in [3.05, 3.63) is 11.6 Å². The van der Waals surface area contributed by atoms with Gasteiger partial charge in [-0.3, -0.25) is 0 Å². The van der Waals surface area contributed by atoms with Gasteiger partial charge in [-0.2, -0.15) is 0 Å². The lowest BCUT2D eigenvalue weighted by Crippen LogP contribution is -1.99. The minimum Gasteiger partial charge on any atom is -0.381 e. The van der Waals surface area contributed by atoms with E-state index in [4.69, 9.17) is 4.74 Å². The number of carbonyl (C=O) groups is 1. The van der Waals surface area contributed by atoms with E-state index in [9.17, 15) is 9.36 Å². The fraction of sp³-hybridized carbons (Fsp3) is 0.625. The van der Waals surface area contributed by atoms with Gasteiger partial charge in [-0.15, -0.1) is 0 Å². The molecule has 0 aliphatic rings. The van der Waals surface area contributed by atoms with Gasteiger partial charge in [0, 0.05) is 12.2 Å². The van der Waals surface area contributed by atoms with Crippen LogP contribution in [-0.4, -0.2) is 19.2 Å². The molecule has 0 aliphatic carbocycles. The van der Waals surface area contributed by atoms with E-state index in [-0.39, 0.29) is 0 Å². The van der Waals surface area contributed by atoms with Crippen molar-refractivity contribution in [2.75, 3.05) is 13.2 Å². The number of hydrogen-bond acceptors (Lipinski definition) is 4. The maximum Gasteiger partial charge on any atom is 0.398 e. The Kier molecular flexibility index (Phi) is 7.45. The summed E-state index contributed by atoms with van der Waals surface area (Å²) in [6.07, 6.45) is 2.35. The molecule has 0 atom stereocenters. The molecule has 0 spiro atoms. The largest absolute Gasteiger partial charge is 0.398 e. The summed E-state index contributed by atoms with van der Waals surface area (Å²) >= 11 is 0. The average Bonchev–Trinajstić information content (AvgIpc) is 2.12. The van der Waals surface area contributed by atoms with E-state index >= 15 is 0 Å². The Morgan fingerprint density at radius 2 is 2.23 bits per heavy atom. The van der Waals surface area contributed by atoms with Gasteiger partial charge in [0.1, 0.15) is 0 Å². The molecular weight excluding hydrogens is 191 g/mol. The molecule has 0 saturated heterocycles. The van der Waals surface area contributed by atoms with Crippen LogP contribution in [0, 0.1) is 0 Å². The Morgan fingerprint density at radius 3 is 2.77 bits per heavy atom. The fourth-order valence-electron chi connectivity index (χ4n) is 0.692. The molecule has 0 amide bonds. The zero-order valence-corrected chi connectivity index (χ0v) is 8.67. The number of ether oxygens (including phenoxy) is 1. The topological polar surface area (TPSA) is 52.6 Å². The normalized spacial score (nSPS) is 11.7. The Labute approximate surface area is 79.2 Å². The zero-order chi connectivity index (χ0) is 10.1. The molecule has 0 aromatic carbocycles. The van der Waals surface area contributed by atoms with E-state index in [1.165, 1.54) is 0 Å². The molecule has 0 rings (SSSR count). The highest BCUT2D eigenvalue weighted by atomic mass is 31.1. The van der Waals surface area contributed by atoms with Crippen LogP contribution in [0.1, 0.15) is 20.3 Å². The Balaban J connectivity index is 3.73. The first kappa shape index (κ1) is 12.3. The third-order valence-electron chi connectivity index (χ3n) is 1.36. The first-order chi connectivity index (χ1) is 6.22. The molecule has 0 saturated carbocycles.